The van der Waals surface area contributed by atoms with Crippen molar-refractivity contribution in [1.82, 2.24) is 4.57 Å². The van der Waals surface area contributed by atoms with E-state index < -0.39 is 41.8 Å². The summed E-state index contributed by atoms with van der Waals surface area (Å²) in [6, 6.07) is 17.8. The van der Waals surface area contributed by atoms with Crippen molar-refractivity contribution in [2.45, 2.75) is 22.1 Å². The summed E-state index contributed by atoms with van der Waals surface area (Å²) in [5.41, 5.74) is 5.94. The summed E-state index contributed by atoms with van der Waals surface area (Å²) in [6.07, 6.45) is 1.35. The molecule has 0 amide bonds. The molecule has 0 spiro atoms. The van der Waals surface area contributed by atoms with E-state index in [4.69, 9.17) is 10.5 Å². The number of ether oxygens (including phenoxy) is 1. The minimum absolute atomic E-state index is 0.0543. The average Bonchev–Trinajstić information content (AvgIpc) is 3.30. The van der Waals surface area contributed by atoms with Crippen LogP contribution >= 0.6 is 11.8 Å². The van der Waals surface area contributed by atoms with Crippen LogP contribution in [0.5, 0.6) is 0 Å². The van der Waals surface area contributed by atoms with Crippen molar-refractivity contribution in [1.29, 1.82) is 0 Å². The first-order chi connectivity index (χ1) is 20.9. The first-order valence-corrected chi connectivity index (χ1v) is 15.2. The fraction of sp³-hybridized carbons (Fsp3) is 0.103. The van der Waals surface area contributed by atoms with Crippen LogP contribution in [0.2, 0.25) is 0 Å². The predicted octanol–water partition coefficient (Wildman–Crippen LogP) is 3.35. The number of anilines is 1. The van der Waals surface area contributed by atoms with Gasteiger partial charge in [-0.3, -0.25) is 29.6 Å². The van der Waals surface area contributed by atoms with Crippen molar-refractivity contribution < 1.29 is 32.6 Å². The van der Waals surface area contributed by atoms with E-state index in [2.05, 4.69) is 0 Å². The number of carbonyl (C=O) groups excluding carboxylic acids is 2. The van der Waals surface area contributed by atoms with Crippen LogP contribution in [0.3, 0.4) is 0 Å². The average molecular weight is 635 g/mol. The molecule has 0 saturated carbocycles. The van der Waals surface area contributed by atoms with E-state index >= 15 is 0 Å². The Balaban J connectivity index is 1.92. The molecule has 3 aromatic carbocycles. The molecule has 0 unspecified atom stereocenters. The number of hydrogen-bond donors (Lipinski definition) is 1. The highest BCUT2D eigenvalue weighted by Gasteiger charge is 2.40. The van der Waals surface area contributed by atoms with Crippen LogP contribution in [0.1, 0.15) is 28.1 Å². The highest BCUT2D eigenvalue weighted by Crippen LogP contribution is 2.41. The van der Waals surface area contributed by atoms with Gasteiger partial charge in [-0.1, -0.05) is 54.2 Å². The summed E-state index contributed by atoms with van der Waals surface area (Å²) in [4.78, 5) is 49.0. The van der Waals surface area contributed by atoms with E-state index in [1.807, 2.05) is 0 Å². The standard InChI is InChI=1S/C29H22N4O9S2/c1-2-42-29(35)26-24-22(15-17-8-6-10-19(14-17)32(36)37)23(30)28(44(40,41)21-12-4-3-5-13-21)31(24)27(34)25(43-26)18-9-7-11-20(16-18)33(38)39/h3-16,25H,2,30H2,1H3/b22-15+/t25-/m1/s1. The Labute approximate surface area is 253 Å². The van der Waals surface area contributed by atoms with Gasteiger partial charge in [0.05, 0.1) is 32.4 Å². The van der Waals surface area contributed by atoms with Crippen molar-refractivity contribution in [3.63, 3.8) is 0 Å². The zero-order valence-electron chi connectivity index (χ0n) is 22.8. The summed E-state index contributed by atoms with van der Waals surface area (Å²) in [7, 11) is -4.52. The predicted molar refractivity (Wildman–Crippen MR) is 161 cm³/mol. The van der Waals surface area contributed by atoms with Crippen molar-refractivity contribution in [3.8, 4) is 0 Å². The molecule has 2 heterocycles. The van der Waals surface area contributed by atoms with E-state index in [-0.39, 0.29) is 55.2 Å². The van der Waals surface area contributed by atoms with E-state index in [0.717, 1.165) is 22.4 Å². The number of esters is 1. The zero-order valence-corrected chi connectivity index (χ0v) is 24.4. The minimum Gasteiger partial charge on any atom is -0.462 e. The molecule has 224 valence electrons. The normalized spacial score (nSPS) is 15.1. The van der Waals surface area contributed by atoms with Gasteiger partial charge in [0.25, 0.3) is 11.4 Å². The molecule has 1 atom stereocenters. The van der Waals surface area contributed by atoms with Crippen LogP contribution in [0.4, 0.5) is 17.1 Å². The third kappa shape index (κ3) is 5.33. The second kappa shape index (κ2) is 11.8. The van der Waals surface area contributed by atoms with E-state index in [1.54, 1.807) is 13.0 Å². The Hall–Kier alpha value is -5.28. The lowest BCUT2D eigenvalue weighted by Gasteiger charge is -2.23. The summed E-state index contributed by atoms with van der Waals surface area (Å²) in [6.45, 7) is 1.50. The number of nitro groups is 2. The molecular weight excluding hydrogens is 612 g/mol. The lowest BCUT2D eigenvalue weighted by molar-refractivity contribution is -0.385. The largest absolute Gasteiger partial charge is 0.462 e. The number of nitrogens with zero attached hydrogens (tertiary/aromatic N) is 3. The maximum atomic E-state index is 14.3. The van der Waals surface area contributed by atoms with Gasteiger partial charge in [0.15, 0.2) is 5.03 Å². The number of nitro benzene ring substituents is 2. The lowest BCUT2D eigenvalue weighted by atomic mass is 10.1. The van der Waals surface area contributed by atoms with Gasteiger partial charge in [-0.25, -0.2) is 13.2 Å². The topological polar surface area (TPSA) is 195 Å². The number of nitrogens with two attached hydrogens (primary N) is 1. The highest BCUT2D eigenvalue weighted by atomic mass is 32.2. The Bertz CT molecular complexity index is 2090. The second-order valence-corrected chi connectivity index (χ2v) is 12.3. The van der Waals surface area contributed by atoms with E-state index in [9.17, 15) is 38.2 Å². The molecule has 4 aromatic rings. The van der Waals surface area contributed by atoms with E-state index in [1.165, 1.54) is 72.8 Å². The zero-order chi connectivity index (χ0) is 31.8. The molecule has 1 aliphatic rings. The van der Waals surface area contributed by atoms with Crippen LogP contribution in [0.25, 0.3) is 11.0 Å². The molecule has 5 rings (SSSR count). The molecule has 0 bridgehead atoms. The summed E-state index contributed by atoms with van der Waals surface area (Å²) < 4.78 is 34.3. The molecule has 0 aliphatic carbocycles. The summed E-state index contributed by atoms with van der Waals surface area (Å²) in [5.74, 6) is -1.73. The number of aromatic nitrogens is 1. The van der Waals surface area contributed by atoms with Gasteiger partial charge in [0.1, 0.15) is 10.2 Å². The molecule has 0 fully saturated rings. The number of nitrogen functional groups attached to an aromatic ring is 1. The highest BCUT2D eigenvalue weighted by molar-refractivity contribution is 8.10. The number of hydrogen-bond acceptors (Lipinski definition) is 11. The van der Waals surface area contributed by atoms with Gasteiger partial charge in [-0.2, -0.15) is 0 Å². The Morgan fingerprint density at radius 1 is 1.00 bits per heavy atom. The molecule has 0 saturated heterocycles. The maximum Gasteiger partial charge on any atom is 0.346 e. The van der Waals surface area contributed by atoms with Crippen molar-refractivity contribution in [2.24, 2.45) is 0 Å². The number of benzene rings is 3. The van der Waals surface area contributed by atoms with Crippen molar-refractivity contribution in [2.75, 3.05) is 12.3 Å². The Morgan fingerprint density at radius 2 is 1.64 bits per heavy atom. The smallest absolute Gasteiger partial charge is 0.346 e. The van der Waals surface area contributed by atoms with Crippen LogP contribution in [-0.4, -0.2) is 41.3 Å². The number of non-ortho nitro benzene ring substituents is 2. The summed E-state index contributed by atoms with van der Waals surface area (Å²) >= 11 is 0.736. The first-order valence-electron chi connectivity index (χ1n) is 12.9. The molecule has 0 radical (unpaired) electrons. The lowest BCUT2D eigenvalue weighted by Crippen LogP contribution is -2.42. The summed E-state index contributed by atoms with van der Waals surface area (Å²) in [5, 5.41) is 20.7. The SMILES string of the molecule is CCOC(=O)C1=c2/c(=C/c3cccc([N+](=O)[O-])c3)c(N)c(S(=O)(=O)c3ccccc3)n2C(=O)[C@@H](c2cccc([N+](=O)[O-])c2)S1. The van der Waals surface area contributed by atoms with Crippen molar-refractivity contribution in [3.05, 3.63) is 121 Å². The molecule has 13 nitrogen and oxygen atoms in total. The Kier molecular flexibility index (Phi) is 8.08. The second-order valence-electron chi connectivity index (χ2n) is 9.37. The number of thioether (sulfide) groups is 1. The first kappa shape index (κ1) is 30.2. The maximum absolute atomic E-state index is 14.3. The number of rotatable bonds is 8. The van der Waals surface area contributed by atoms with Crippen molar-refractivity contribution >= 4 is 61.5 Å². The number of fused-ring (bicyclic) bond motifs is 1. The minimum atomic E-state index is -4.52. The monoisotopic (exact) mass is 634 g/mol. The fourth-order valence-corrected chi connectivity index (χ4v) is 7.48. The number of sulfone groups is 1. The van der Waals surface area contributed by atoms with Crippen LogP contribution in [0.15, 0.2) is 88.8 Å². The molecule has 1 aromatic heterocycles. The van der Waals surface area contributed by atoms with Gasteiger partial charge in [-0.05, 0) is 36.3 Å². The number of carbonyl (C=O) groups is 2. The van der Waals surface area contributed by atoms with Gasteiger partial charge >= 0.3 is 5.97 Å². The molecule has 15 heteroatoms. The van der Waals surface area contributed by atoms with E-state index in [0.29, 0.717) is 0 Å². The fourth-order valence-electron chi connectivity index (χ4n) is 4.73. The quantitative estimate of drug-likeness (QED) is 0.170. The van der Waals surface area contributed by atoms with Crippen LogP contribution in [-0.2, 0) is 19.4 Å². The molecule has 1 aliphatic heterocycles. The van der Waals surface area contributed by atoms with Crippen LogP contribution in [0, 0.1) is 20.2 Å². The molecule has 44 heavy (non-hydrogen) atoms. The molecular formula is C29H22N4O9S2. The third-order valence-electron chi connectivity index (χ3n) is 6.64. The Morgan fingerprint density at radius 3 is 2.27 bits per heavy atom. The van der Waals surface area contributed by atoms with Gasteiger partial charge in [0, 0.05) is 29.5 Å². The third-order valence-corrected chi connectivity index (χ3v) is 9.75. The van der Waals surface area contributed by atoms with Crippen LogP contribution < -0.4 is 16.3 Å². The van der Waals surface area contributed by atoms with Gasteiger partial charge in [-0.15, -0.1) is 0 Å². The van der Waals surface area contributed by atoms with Gasteiger partial charge < -0.3 is 10.5 Å². The molecule has 2 N–H and O–H groups in total. The van der Waals surface area contributed by atoms with Gasteiger partial charge in [0.2, 0.25) is 15.7 Å².